The molecule has 2 aromatic rings. The van der Waals surface area contributed by atoms with Gasteiger partial charge in [0.1, 0.15) is 12.4 Å². The Kier molecular flexibility index (Phi) is 5.04. The summed E-state index contributed by atoms with van der Waals surface area (Å²) in [4.78, 5) is 0. The van der Waals surface area contributed by atoms with E-state index in [1.54, 1.807) is 0 Å². The lowest BCUT2D eigenvalue weighted by Gasteiger charge is -2.06. The maximum atomic E-state index is 5.95. The Morgan fingerprint density at radius 1 is 1.10 bits per heavy atom. The van der Waals surface area contributed by atoms with Gasteiger partial charge in [0.05, 0.1) is 13.6 Å². The summed E-state index contributed by atoms with van der Waals surface area (Å²) in [6.07, 6.45) is 12.3. The van der Waals surface area contributed by atoms with Crippen molar-refractivity contribution in [3.05, 3.63) is 42.5 Å². The monoisotopic (exact) mass is 273 g/mol. The van der Waals surface area contributed by atoms with E-state index in [0.717, 1.165) is 24.3 Å². The second-order valence-electron chi connectivity index (χ2n) is 5.44. The molecule has 0 saturated carbocycles. The molecule has 0 bridgehead atoms. The summed E-state index contributed by atoms with van der Waals surface area (Å²) in [5.41, 5.74) is 14.4. The number of benzene rings is 1. The van der Waals surface area contributed by atoms with Crippen LogP contribution >= 0.6 is 0 Å². The van der Waals surface area contributed by atoms with Gasteiger partial charge >= 0.3 is 0 Å². The van der Waals surface area contributed by atoms with E-state index >= 15 is 0 Å². The Labute approximate surface area is 121 Å². The number of aromatic nitrogens is 2. The van der Waals surface area contributed by atoms with E-state index in [2.05, 4.69) is 27.9 Å². The summed E-state index contributed by atoms with van der Waals surface area (Å²) < 4.78 is 4.31. The summed E-state index contributed by atoms with van der Waals surface area (Å²) in [5, 5.41) is 0. The van der Waals surface area contributed by atoms with Crippen LogP contribution in [0, 0.1) is 0 Å². The molecule has 0 unspecified atom stereocenters. The average Bonchev–Trinajstić information content (AvgIpc) is 2.81. The van der Waals surface area contributed by atoms with Gasteiger partial charge in [-0.25, -0.2) is 9.13 Å². The second-order valence-corrected chi connectivity index (χ2v) is 5.44. The van der Waals surface area contributed by atoms with Crippen molar-refractivity contribution < 1.29 is 4.57 Å². The highest BCUT2D eigenvalue weighted by Crippen LogP contribution is 2.18. The number of anilines is 2. The Morgan fingerprint density at radius 3 is 2.60 bits per heavy atom. The normalized spacial score (nSPS) is 10.8. The molecule has 4 nitrogen and oxygen atoms in total. The van der Waals surface area contributed by atoms with Gasteiger partial charge in [-0.05, 0) is 43.4 Å². The zero-order chi connectivity index (χ0) is 14.4. The minimum absolute atomic E-state index is 0.742. The van der Waals surface area contributed by atoms with E-state index in [9.17, 15) is 0 Å². The summed E-state index contributed by atoms with van der Waals surface area (Å²) in [6, 6.07) is 5.82. The molecule has 0 radical (unpaired) electrons. The van der Waals surface area contributed by atoms with Crippen molar-refractivity contribution in [1.82, 2.24) is 4.57 Å². The van der Waals surface area contributed by atoms with E-state index in [4.69, 9.17) is 11.5 Å². The number of nitrogens with two attached hydrogens (primary N) is 2. The lowest BCUT2D eigenvalue weighted by atomic mass is 10.0. The third kappa shape index (κ3) is 4.30. The molecule has 2 rings (SSSR count). The molecule has 108 valence electrons. The fraction of sp³-hybridized carbons (Fsp3) is 0.438. The molecule has 4 heteroatoms. The standard InChI is InChI=1S/C16H25N4/c1-19-10-11-20(13-19)9-5-3-2-4-6-14-7-8-15(17)12-16(14)18/h7-8,10-13H,2-6,9,17-18H2,1H3/q+1. The SMILES string of the molecule is C[n+]1ccn(CCCCCCc2ccc(N)cc2N)c1. The highest BCUT2D eigenvalue weighted by atomic mass is 15.1. The lowest BCUT2D eigenvalue weighted by molar-refractivity contribution is -0.671. The van der Waals surface area contributed by atoms with Crippen molar-refractivity contribution in [1.29, 1.82) is 0 Å². The van der Waals surface area contributed by atoms with Crippen LogP contribution in [0.2, 0.25) is 0 Å². The summed E-state index contributed by atoms with van der Waals surface area (Å²) in [7, 11) is 2.05. The first-order valence-electron chi connectivity index (χ1n) is 7.30. The third-order valence-electron chi connectivity index (χ3n) is 3.61. The van der Waals surface area contributed by atoms with Crippen LogP contribution in [-0.2, 0) is 20.0 Å². The predicted octanol–water partition coefficient (Wildman–Crippen LogP) is 2.28. The smallest absolute Gasteiger partial charge is 0.243 e. The van der Waals surface area contributed by atoms with Crippen LogP contribution in [0.1, 0.15) is 31.2 Å². The second kappa shape index (κ2) is 6.98. The van der Waals surface area contributed by atoms with Crippen LogP contribution in [0.3, 0.4) is 0 Å². The highest BCUT2D eigenvalue weighted by molar-refractivity contribution is 5.56. The zero-order valence-corrected chi connectivity index (χ0v) is 12.3. The van der Waals surface area contributed by atoms with Gasteiger partial charge in [-0.2, -0.15) is 0 Å². The molecule has 0 fully saturated rings. The van der Waals surface area contributed by atoms with Crippen molar-refractivity contribution in [2.75, 3.05) is 11.5 Å². The number of hydrogen-bond donors (Lipinski definition) is 2. The van der Waals surface area contributed by atoms with E-state index in [0.29, 0.717) is 0 Å². The minimum atomic E-state index is 0.742. The summed E-state index contributed by atoms with van der Waals surface area (Å²) in [5.74, 6) is 0. The molecular formula is C16H25N4+. The largest absolute Gasteiger partial charge is 0.399 e. The van der Waals surface area contributed by atoms with Crippen LogP contribution in [0.15, 0.2) is 36.9 Å². The van der Waals surface area contributed by atoms with E-state index in [-0.39, 0.29) is 0 Å². The van der Waals surface area contributed by atoms with Crippen molar-refractivity contribution in [2.45, 2.75) is 38.6 Å². The summed E-state index contributed by atoms with van der Waals surface area (Å²) >= 11 is 0. The number of aryl methyl sites for hydroxylation is 3. The Hall–Kier alpha value is -1.97. The van der Waals surface area contributed by atoms with Crippen molar-refractivity contribution in [3.63, 3.8) is 0 Å². The molecule has 4 N–H and O–H groups in total. The van der Waals surface area contributed by atoms with Crippen LogP contribution in [0.25, 0.3) is 0 Å². The van der Waals surface area contributed by atoms with E-state index in [1.807, 2.05) is 25.2 Å². The van der Waals surface area contributed by atoms with E-state index < -0.39 is 0 Å². The molecule has 0 aliphatic carbocycles. The first kappa shape index (κ1) is 14.4. The molecule has 0 saturated heterocycles. The average molecular weight is 273 g/mol. The van der Waals surface area contributed by atoms with Crippen LogP contribution in [-0.4, -0.2) is 4.57 Å². The number of imidazole rings is 1. The van der Waals surface area contributed by atoms with Gasteiger partial charge < -0.3 is 11.5 Å². The quantitative estimate of drug-likeness (QED) is 0.462. The number of nitrogens with zero attached hydrogens (tertiary/aromatic N) is 2. The van der Waals surface area contributed by atoms with Crippen LogP contribution in [0.4, 0.5) is 11.4 Å². The van der Waals surface area contributed by atoms with Crippen LogP contribution < -0.4 is 16.0 Å². The van der Waals surface area contributed by atoms with Crippen LogP contribution in [0.5, 0.6) is 0 Å². The number of nitrogen functional groups attached to an aromatic ring is 2. The van der Waals surface area contributed by atoms with Gasteiger partial charge in [0.15, 0.2) is 0 Å². The van der Waals surface area contributed by atoms with Crippen molar-refractivity contribution >= 4 is 11.4 Å². The first-order chi connectivity index (χ1) is 9.65. The summed E-state index contributed by atoms with van der Waals surface area (Å²) in [6.45, 7) is 1.10. The topological polar surface area (TPSA) is 60.8 Å². The molecule has 1 aromatic carbocycles. The Balaban J connectivity index is 1.62. The van der Waals surface area contributed by atoms with Gasteiger partial charge in [-0.1, -0.05) is 12.5 Å². The molecule has 1 heterocycles. The molecule has 0 amide bonds. The predicted molar refractivity (Wildman–Crippen MR) is 83.0 cm³/mol. The third-order valence-corrected chi connectivity index (χ3v) is 3.61. The van der Waals surface area contributed by atoms with Gasteiger partial charge in [0.2, 0.25) is 6.33 Å². The maximum absolute atomic E-state index is 5.95. The molecule has 20 heavy (non-hydrogen) atoms. The molecule has 0 aliphatic heterocycles. The van der Waals surface area contributed by atoms with Crippen molar-refractivity contribution in [3.8, 4) is 0 Å². The van der Waals surface area contributed by atoms with Gasteiger partial charge in [0.25, 0.3) is 0 Å². The molecule has 0 atom stereocenters. The number of rotatable bonds is 7. The zero-order valence-electron chi connectivity index (χ0n) is 12.3. The fourth-order valence-corrected chi connectivity index (χ4v) is 2.44. The molecule has 1 aromatic heterocycles. The van der Waals surface area contributed by atoms with Crippen molar-refractivity contribution in [2.24, 2.45) is 7.05 Å². The molecular weight excluding hydrogens is 248 g/mol. The van der Waals surface area contributed by atoms with Gasteiger partial charge in [0, 0.05) is 11.4 Å². The fourth-order valence-electron chi connectivity index (χ4n) is 2.44. The number of unbranched alkanes of at least 4 members (excludes halogenated alkanes) is 3. The Bertz CT molecular complexity index is 545. The first-order valence-corrected chi connectivity index (χ1v) is 7.30. The Morgan fingerprint density at radius 2 is 1.90 bits per heavy atom. The highest BCUT2D eigenvalue weighted by Gasteiger charge is 2.01. The minimum Gasteiger partial charge on any atom is -0.399 e. The molecule has 0 aliphatic rings. The maximum Gasteiger partial charge on any atom is 0.243 e. The van der Waals surface area contributed by atoms with Gasteiger partial charge in [-0.15, -0.1) is 0 Å². The van der Waals surface area contributed by atoms with E-state index in [1.165, 1.54) is 31.2 Å². The molecule has 0 spiro atoms. The van der Waals surface area contributed by atoms with Gasteiger partial charge in [-0.3, -0.25) is 0 Å². The number of hydrogen-bond acceptors (Lipinski definition) is 2. The lowest BCUT2D eigenvalue weighted by Crippen LogP contribution is -2.23.